The molecular weight excluding hydrogens is 276 g/mol. The number of nitrogens with one attached hydrogen (secondary N) is 1. The van der Waals surface area contributed by atoms with E-state index in [0.717, 1.165) is 5.56 Å². The van der Waals surface area contributed by atoms with Crippen LogP contribution in [0.15, 0.2) is 30.3 Å². The number of aliphatic hydroxyl groups excluding tert-OH is 1. The fourth-order valence-corrected chi connectivity index (χ4v) is 1.64. The largest absolute Gasteiger partial charge is 0.480 e. The minimum atomic E-state index is -1.18. The quantitative estimate of drug-likeness (QED) is 0.553. The van der Waals surface area contributed by atoms with Crippen molar-refractivity contribution < 1.29 is 24.5 Å². The molecule has 0 aliphatic rings. The van der Waals surface area contributed by atoms with Crippen LogP contribution < -0.4 is 11.1 Å². The molecule has 7 heteroatoms. The highest BCUT2D eigenvalue weighted by Crippen LogP contribution is 2.04. The molecule has 1 aromatic carbocycles. The van der Waals surface area contributed by atoms with Crippen LogP contribution in [0.1, 0.15) is 18.4 Å². The molecule has 0 bridgehead atoms. The number of rotatable bonds is 8. The second-order valence-corrected chi connectivity index (χ2v) is 4.56. The average molecular weight is 296 g/mol. The first-order valence-corrected chi connectivity index (χ1v) is 6.61. The third-order valence-corrected chi connectivity index (χ3v) is 2.86. The van der Waals surface area contributed by atoms with Gasteiger partial charge in [-0.1, -0.05) is 30.3 Å². The number of aliphatic carboxylic acids is 1. The third kappa shape index (κ3) is 6.73. The molecule has 0 saturated heterocycles. The molecule has 0 aromatic heterocycles. The average Bonchev–Trinajstić information content (AvgIpc) is 2.49. The summed E-state index contributed by atoms with van der Waals surface area (Å²) < 4.78 is 4.94. The van der Waals surface area contributed by atoms with Crippen molar-refractivity contribution in [3.05, 3.63) is 35.9 Å². The van der Waals surface area contributed by atoms with Crippen LogP contribution in [0.4, 0.5) is 4.79 Å². The number of nitrogens with two attached hydrogens (primary N) is 1. The molecule has 2 atom stereocenters. The maximum atomic E-state index is 11.6. The number of amides is 1. The first-order valence-electron chi connectivity index (χ1n) is 6.61. The lowest BCUT2D eigenvalue weighted by Gasteiger charge is -2.16. The predicted molar refractivity (Wildman–Crippen MR) is 75.5 cm³/mol. The SMILES string of the molecule is NCC(O)CC[C@H](NC(=O)OCc1ccccc1)C(=O)O. The predicted octanol–water partition coefficient (Wildman–Crippen LogP) is 0.466. The Bertz CT molecular complexity index is 452. The van der Waals surface area contributed by atoms with Crippen molar-refractivity contribution in [3.8, 4) is 0 Å². The fourth-order valence-electron chi connectivity index (χ4n) is 1.64. The number of benzene rings is 1. The summed E-state index contributed by atoms with van der Waals surface area (Å²) in [6, 6.07) is 7.93. The summed E-state index contributed by atoms with van der Waals surface area (Å²) in [6.07, 6.45) is -1.33. The fraction of sp³-hybridized carbons (Fsp3) is 0.429. The number of aliphatic hydroxyl groups is 1. The van der Waals surface area contributed by atoms with Gasteiger partial charge in [0.1, 0.15) is 12.6 Å². The van der Waals surface area contributed by atoms with Gasteiger partial charge in [0.2, 0.25) is 0 Å². The Morgan fingerprint density at radius 1 is 1.24 bits per heavy atom. The minimum absolute atomic E-state index is 0.0464. The molecule has 0 aliphatic heterocycles. The third-order valence-electron chi connectivity index (χ3n) is 2.86. The van der Waals surface area contributed by atoms with E-state index in [1.807, 2.05) is 18.2 Å². The highest BCUT2D eigenvalue weighted by Gasteiger charge is 2.21. The van der Waals surface area contributed by atoms with Gasteiger partial charge in [0.15, 0.2) is 0 Å². The van der Waals surface area contributed by atoms with Crippen LogP contribution in [0.25, 0.3) is 0 Å². The van der Waals surface area contributed by atoms with Gasteiger partial charge in [0.05, 0.1) is 6.10 Å². The molecule has 0 radical (unpaired) electrons. The number of hydrogen-bond donors (Lipinski definition) is 4. The second kappa shape index (κ2) is 8.93. The zero-order valence-corrected chi connectivity index (χ0v) is 11.6. The monoisotopic (exact) mass is 296 g/mol. The smallest absolute Gasteiger partial charge is 0.408 e. The summed E-state index contributed by atoms with van der Waals surface area (Å²) in [5.74, 6) is -1.18. The van der Waals surface area contributed by atoms with Crippen molar-refractivity contribution >= 4 is 12.1 Å². The van der Waals surface area contributed by atoms with Crippen molar-refractivity contribution in [1.29, 1.82) is 0 Å². The van der Waals surface area contributed by atoms with Crippen LogP contribution in [0.3, 0.4) is 0 Å². The molecule has 5 N–H and O–H groups in total. The zero-order valence-electron chi connectivity index (χ0n) is 11.6. The Labute approximate surface area is 122 Å². The van der Waals surface area contributed by atoms with Gasteiger partial charge >= 0.3 is 12.1 Å². The van der Waals surface area contributed by atoms with Crippen molar-refractivity contribution in [2.24, 2.45) is 5.73 Å². The Hall–Kier alpha value is -2.12. The van der Waals surface area contributed by atoms with E-state index in [-0.39, 0.29) is 26.0 Å². The molecular formula is C14H20N2O5. The molecule has 0 aliphatic carbocycles. The highest BCUT2D eigenvalue weighted by molar-refractivity contribution is 5.79. The molecule has 116 valence electrons. The molecule has 1 unspecified atom stereocenters. The molecule has 7 nitrogen and oxygen atoms in total. The summed E-state index contributed by atoms with van der Waals surface area (Å²) in [7, 11) is 0. The number of carbonyl (C=O) groups is 2. The molecule has 0 spiro atoms. The Morgan fingerprint density at radius 2 is 1.90 bits per heavy atom. The zero-order chi connectivity index (χ0) is 15.7. The van der Waals surface area contributed by atoms with E-state index in [9.17, 15) is 14.7 Å². The maximum Gasteiger partial charge on any atom is 0.408 e. The summed E-state index contributed by atoms with van der Waals surface area (Å²) in [4.78, 5) is 22.6. The van der Waals surface area contributed by atoms with Gasteiger partial charge in [-0.15, -0.1) is 0 Å². The lowest BCUT2D eigenvalue weighted by molar-refractivity contribution is -0.139. The number of carbonyl (C=O) groups excluding carboxylic acids is 1. The van der Waals surface area contributed by atoms with Gasteiger partial charge in [0, 0.05) is 6.54 Å². The van der Waals surface area contributed by atoms with Gasteiger partial charge in [0.25, 0.3) is 0 Å². The van der Waals surface area contributed by atoms with Gasteiger partial charge in [-0.3, -0.25) is 0 Å². The van der Waals surface area contributed by atoms with E-state index in [1.54, 1.807) is 12.1 Å². The Balaban J connectivity index is 2.40. The molecule has 0 heterocycles. The van der Waals surface area contributed by atoms with E-state index in [2.05, 4.69) is 5.32 Å². The van der Waals surface area contributed by atoms with E-state index >= 15 is 0 Å². The van der Waals surface area contributed by atoms with E-state index in [0.29, 0.717) is 0 Å². The molecule has 0 fully saturated rings. The van der Waals surface area contributed by atoms with Gasteiger partial charge in [-0.25, -0.2) is 9.59 Å². The van der Waals surface area contributed by atoms with E-state index in [4.69, 9.17) is 15.6 Å². The second-order valence-electron chi connectivity index (χ2n) is 4.56. The van der Waals surface area contributed by atoms with Crippen molar-refractivity contribution in [1.82, 2.24) is 5.32 Å². The van der Waals surface area contributed by atoms with Crippen molar-refractivity contribution in [2.75, 3.05) is 6.54 Å². The van der Waals surface area contributed by atoms with Crippen LogP contribution in [0.5, 0.6) is 0 Å². The topological polar surface area (TPSA) is 122 Å². The van der Waals surface area contributed by atoms with Gasteiger partial charge < -0.3 is 26.0 Å². The number of hydrogen-bond acceptors (Lipinski definition) is 5. The normalized spacial score (nSPS) is 13.2. The van der Waals surface area contributed by atoms with E-state index < -0.39 is 24.2 Å². The van der Waals surface area contributed by atoms with E-state index in [1.165, 1.54) is 0 Å². The molecule has 1 amide bonds. The minimum Gasteiger partial charge on any atom is -0.480 e. The van der Waals surface area contributed by atoms with Gasteiger partial charge in [-0.2, -0.15) is 0 Å². The summed E-state index contributed by atoms with van der Waals surface area (Å²) in [6.45, 7) is 0.106. The molecule has 0 saturated carbocycles. The highest BCUT2D eigenvalue weighted by atomic mass is 16.5. The standard InChI is InChI=1S/C14H20N2O5/c15-8-11(17)6-7-12(13(18)19)16-14(20)21-9-10-4-2-1-3-5-10/h1-5,11-12,17H,6-9,15H2,(H,16,20)(H,18,19)/t11?,12-/m0/s1. The summed E-state index contributed by atoms with van der Waals surface area (Å²) in [5.41, 5.74) is 6.04. The summed E-state index contributed by atoms with van der Waals surface area (Å²) >= 11 is 0. The maximum absolute atomic E-state index is 11.6. The lowest BCUT2D eigenvalue weighted by Crippen LogP contribution is -2.41. The van der Waals surface area contributed by atoms with Crippen molar-refractivity contribution in [3.63, 3.8) is 0 Å². The van der Waals surface area contributed by atoms with Crippen LogP contribution >= 0.6 is 0 Å². The molecule has 1 aromatic rings. The first kappa shape index (κ1) is 16.9. The van der Waals surface area contributed by atoms with Crippen molar-refractivity contribution in [2.45, 2.75) is 31.6 Å². The summed E-state index contributed by atoms with van der Waals surface area (Å²) in [5, 5.41) is 20.6. The Kier molecular flexibility index (Phi) is 7.20. The van der Waals surface area contributed by atoms with Gasteiger partial charge in [-0.05, 0) is 18.4 Å². The number of carboxylic acid groups (broad SMARTS) is 1. The Morgan fingerprint density at radius 3 is 2.48 bits per heavy atom. The molecule has 21 heavy (non-hydrogen) atoms. The number of ether oxygens (including phenoxy) is 1. The van der Waals surface area contributed by atoms with Crippen LogP contribution in [0, 0.1) is 0 Å². The number of carboxylic acids is 1. The van der Waals surface area contributed by atoms with Crippen LogP contribution in [0.2, 0.25) is 0 Å². The van der Waals surface area contributed by atoms with Crippen LogP contribution in [-0.4, -0.2) is 41.0 Å². The first-order chi connectivity index (χ1) is 10.0. The molecule has 1 rings (SSSR count). The van der Waals surface area contributed by atoms with Crippen LogP contribution in [-0.2, 0) is 16.1 Å². The number of alkyl carbamates (subject to hydrolysis) is 1. The lowest BCUT2D eigenvalue weighted by atomic mass is 10.1.